The van der Waals surface area contributed by atoms with E-state index in [1.165, 1.54) is 24.1 Å². The van der Waals surface area contributed by atoms with Gasteiger partial charge in [0.1, 0.15) is 17.0 Å². The third-order valence-electron chi connectivity index (χ3n) is 7.73. The van der Waals surface area contributed by atoms with E-state index in [9.17, 15) is 22.8 Å². The van der Waals surface area contributed by atoms with Gasteiger partial charge in [-0.2, -0.15) is 0 Å². The average molecular weight is 571 g/mol. The van der Waals surface area contributed by atoms with Crippen LogP contribution in [0.3, 0.4) is 0 Å². The highest BCUT2D eigenvalue weighted by molar-refractivity contribution is 7.93. The monoisotopic (exact) mass is 570 g/mol. The van der Waals surface area contributed by atoms with Crippen molar-refractivity contribution in [3.05, 3.63) is 59.7 Å². The SMILES string of the molecule is COc1cccc([C@@H](C(=O)NC[C@H]2CCCO2)N(C[C@@H]2CCCO2)C(=O)C[C@@H]2C(=O)c3ccccc3S2(=O)=O)c1. The number of hydrogen-bond acceptors (Lipinski definition) is 8. The summed E-state index contributed by atoms with van der Waals surface area (Å²) >= 11 is 0. The van der Waals surface area contributed by atoms with Crippen molar-refractivity contribution in [1.82, 2.24) is 10.2 Å². The highest BCUT2D eigenvalue weighted by Crippen LogP contribution is 2.35. The normalized spacial score (nSPS) is 23.9. The number of ketones is 1. The summed E-state index contributed by atoms with van der Waals surface area (Å²) in [6, 6.07) is 11.8. The second kappa shape index (κ2) is 12.1. The lowest BCUT2D eigenvalue weighted by atomic mass is 10.0. The van der Waals surface area contributed by atoms with Crippen LogP contribution < -0.4 is 10.1 Å². The molecule has 2 aromatic carbocycles. The molecule has 2 amide bonds. The maximum Gasteiger partial charge on any atom is 0.247 e. The minimum Gasteiger partial charge on any atom is -0.497 e. The number of fused-ring (bicyclic) bond motifs is 1. The van der Waals surface area contributed by atoms with Crippen LogP contribution in [0.15, 0.2) is 53.4 Å². The number of ether oxygens (including phenoxy) is 3. The first-order chi connectivity index (χ1) is 19.3. The Morgan fingerprint density at radius 3 is 2.45 bits per heavy atom. The molecule has 1 N–H and O–H groups in total. The Morgan fingerprint density at radius 2 is 1.77 bits per heavy atom. The minimum absolute atomic E-state index is 0.0675. The second-order valence-electron chi connectivity index (χ2n) is 10.3. The molecule has 4 atom stereocenters. The summed E-state index contributed by atoms with van der Waals surface area (Å²) in [5, 5.41) is 1.38. The first kappa shape index (κ1) is 28.3. The number of rotatable bonds is 10. The summed E-state index contributed by atoms with van der Waals surface area (Å²) in [4.78, 5) is 42.3. The number of nitrogens with one attached hydrogen (secondary N) is 1. The van der Waals surface area contributed by atoms with Crippen LogP contribution in [0.2, 0.25) is 0 Å². The van der Waals surface area contributed by atoms with Crippen LogP contribution in [0.25, 0.3) is 0 Å². The van der Waals surface area contributed by atoms with Crippen molar-refractivity contribution in [3.8, 4) is 5.75 Å². The van der Waals surface area contributed by atoms with Crippen molar-refractivity contribution in [2.24, 2.45) is 0 Å². The van der Waals surface area contributed by atoms with Gasteiger partial charge in [-0.05, 0) is 49.4 Å². The summed E-state index contributed by atoms with van der Waals surface area (Å²) < 4.78 is 43.4. The number of Topliss-reactive ketones (excluding diaryl/α,β-unsaturated/α-hetero) is 1. The molecule has 5 rings (SSSR count). The van der Waals surface area contributed by atoms with Gasteiger partial charge in [0, 0.05) is 31.9 Å². The lowest BCUT2D eigenvalue weighted by Crippen LogP contribution is -2.49. The maximum absolute atomic E-state index is 14.0. The lowest BCUT2D eigenvalue weighted by Gasteiger charge is -2.34. The van der Waals surface area contributed by atoms with Gasteiger partial charge in [0.05, 0.1) is 30.6 Å². The predicted molar refractivity (Wildman–Crippen MR) is 145 cm³/mol. The molecule has 0 unspecified atom stereocenters. The van der Waals surface area contributed by atoms with Crippen LogP contribution in [0.1, 0.15) is 54.1 Å². The van der Waals surface area contributed by atoms with Crippen LogP contribution in [0.4, 0.5) is 0 Å². The molecule has 3 heterocycles. The summed E-state index contributed by atoms with van der Waals surface area (Å²) in [5.74, 6) is -1.16. The van der Waals surface area contributed by atoms with Gasteiger partial charge in [-0.1, -0.05) is 30.3 Å². The molecule has 0 saturated carbocycles. The van der Waals surface area contributed by atoms with Crippen molar-refractivity contribution in [2.75, 3.05) is 33.4 Å². The van der Waals surface area contributed by atoms with Crippen LogP contribution >= 0.6 is 0 Å². The van der Waals surface area contributed by atoms with Gasteiger partial charge in [0.25, 0.3) is 0 Å². The largest absolute Gasteiger partial charge is 0.497 e. The molecule has 0 aliphatic carbocycles. The molecule has 2 saturated heterocycles. The molecule has 2 fully saturated rings. The molecule has 214 valence electrons. The zero-order valence-electron chi connectivity index (χ0n) is 22.4. The molecule has 40 heavy (non-hydrogen) atoms. The van der Waals surface area contributed by atoms with Gasteiger partial charge in [-0.3, -0.25) is 14.4 Å². The first-order valence-corrected chi connectivity index (χ1v) is 15.2. The van der Waals surface area contributed by atoms with E-state index in [-0.39, 0.29) is 35.8 Å². The second-order valence-corrected chi connectivity index (χ2v) is 12.4. The molecule has 10 nitrogen and oxygen atoms in total. The number of hydrogen-bond donors (Lipinski definition) is 1. The van der Waals surface area contributed by atoms with Crippen molar-refractivity contribution < 1.29 is 37.0 Å². The molecule has 0 aromatic heterocycles. The Kier molecular flexibility index (Phi) is 8.53. The van der Waals surface area contributed by atoms with Gasteiger partial charge in [0.2, 0.25) is 11.8 Å². The Bertz CT molecular complexity index is 1370. The molecule has 11 heteroatoms. The topological polar surface area (TPSA) is 128 Å². The summed E-state index contributed by atoms with van der Waals surface area (Å²) in [6.45, 7) is 1.52. The van der Waals surface area contributed by atoms with Crippen LogP contribution in [-0.4, -0.2) is 81.8 Å². The molecule has 0 bridgehead atoms. The molecule has 0 spiro atoms. The zero-order chi connectivity index (χ0) is 28.3. The number of benzene rings is 2. The van der Waals surface area contributed by atoms with E-state index >= 15 is 0 Å². The highest BCUT2D eigenvalue weighted by atomic mass is 32.2. The van der Waals surface area contributed by atoms with E-state index in [0.29, 0.717) is 30.9 Å². The smallest absolute Gasteiger partial charge is 0.247 e. The molecule has 3 aliphatic heterocycles. The minimum atomic E-state index is -4.06. The fraction of sp³-hybridized carbons (Fsp3) is 0.483. The van der Waals surface area contributed by atoms with E-state index in [0.717, 1.165) is 19.3 Å². The van der Waals surface area contributed by atoms with Gasteiger partial charge >= 0.3 is 0 Å². The third-order valence-corrected chi connectivity index (χ3v) is 9.83. The number of methoxy groups -OCH3 is 1. The van der Waals surface area contributed by atoms with E-state index in [1.807, 2.05) is 0 Å². The summed E-state index contributed by atoms with van der Waals surface area (Å²) in [5.41, 5.74) is 0.587. The lowest BCUT2D eigenvalue weighted by molar-refractivity contribution is -0.142. The maximum atomic E-state index is 14.0. The number of sulfone groups is 1. The Hall–Kier alpha value is -3.28. The van der Waals surface area contributed by atoms with Gasteiger partial charge in [0.15, 0.2) is 15.6 Å². The average Bonchev–Trinajstić information content (AvgIpc) is 3.71. The van der Waals surface area contributed by atoms with Crippen molar-refractivity contribution in [2.45, 2.75) is 60.5 Å². The first-order valence-electron chi connectivity index (χ1n) is 13.6. The number of carbonyl (C=O) groups excluding carboxylic acids is 3. The Labute approximate surface area is 233 Å². The Balaban J connectivity index is 1.47. The van der Waals surface area contributed by atoms with Crippen LogP contribution in [0, 0.1) is 0 Å². The van der Waals surface area contributed by atoms with Crippen molar-refractivity contribution >= 4 is 27.4 Å². The van der Waals surface area contributed by atoms with E-state index in [1.54, 1.807) is 36.4 Å². The third kappa shape index (κ3) is 5.77. The number of carbonyl (C=O) groups is 3. The Morgan fingerprint density at radius 1 is 1.05 bits per heavy atom. The van der Waals surface area contributed by atoms with E-state index < -0.39 is 45.1 Å². The zero-order valence-corrected chi connectivity index (χ0v) is 23.2. The standard InChI is InChI=1S/C29H34N2O8S/c1-37-20-8-4-7-19(15-20)27(29(34)30-17-21-9-5-13-38-21)31(18-22-10-6-14-39-22)26(32)16-25-28(33)23-11-2-3-12-24(23)40(25,35)36/h2-4,7-8,11-12,15,21-22,25,27H,5-6,9-10,13-14,16-18H2,1H3,(H,30,34)/t21-,22+,25-,27+/m1/s1. The number of nitrogens with zero attached hydrogens (tertiary/aromatic N) is 1. The molecule has 2 aromatic rings. The fourth-order valence-electron chi connectivity index (χ4n) is 5.62. The van der Waals surface area contributed by atoms with Crippen molar-refractivity contribution in [1.29, 1.82) is 0 Å². The van der Waals surface area contributed by atoms with E-state index in [4.69, 9.17) is 14.2 Å². The highest BCUT2D eigenvalue weighted by Gasteiger charge is 2.47. The van der Waals surface area contributed by atoms with Crippen LogP contribution in [0.5, 0.6) is 5.75 Å². The van der Waals surface area contributed by atoms with Gasteiger partial charge in [-0.15, -0.1) is 0 Å². The van der Waals surface area contributed by atoms with Gasteiger partial charge in [-0.25, -0.2) is 8.42 Å². The van der Waals surface area contributed by atoms with Gasteiger partial charge < -0.3 is 24.4 Å². The molecule has 3 aliphatic rings. The predicted octanol–water partition coefficient (Wildman–Crippen LogP) is 2.47. The van der Waals surface area contributed by atoms with E-state index in [2.05, 4.69) is 5.32 Å². The molecular formula is C29H34N2O8S. The quantitative estimate of drug-likeness (QED) is 0.462. The van der Waals surface area contributed by atoms with Crippen LogP contribution in [-0.2, 0) is 28.9 Å². The van der Waals surface area contributed by atoms with Crippen molar-refractivity contribution in [3.63, 3.8) is 0 Å². The molecule has 0 radical (unpaired) electrons. The summed E-state index contributed by atoms with van der Waals surface area (Å²) in [7, 11) is -2.55. The molecular weight excluding hydrogens is 536 g/mol. The summed E-state index contributed by atoms with van der Waals surface area (Å²) in [6.07, 6.45) is 2.22. The fourth-order valence-corrected chi connectivity index (χ4v) is 7.44. The number of amides is 2.